The number of hydrogen-bond acceptors (Lipinski definition) is 1. The summed E-state index contributed by atoms with van der Waals surface area (Å²) in [5.41, 5.74) is 0. The molecule has 0 aliphatic carbocycles. The van der Waals surface area contributed by atoms with Crippen molar-refractivity contribution >= 4 is 0 Å². The van der Waals surface area contributed by atoms with E-state index >= 15 is 0 Å². The van der Waals surface area contributed by atoms with Gasteiger partial charge in [0.05, 0.1) is 0 Å². The molecule has 1 heteroatoms. The summed E-state index contributed by atoms with van der Waals surface area (Å²) >= 11 is 0. The minimum absolute atomic E-state index is 0.803. The summed E-state index contributed by atoms with van der Waals surface area (Å²) < 4.78 is 5.43. The predicted molar refractivity (Wildman–Crippen MR) is 52.2 cm³/mol. The van der Waals surface area contributed by atoms with E-state index < -0.39 is 0 Å². The molecule has 0 N–H and O–H groups in total. The normalized spacial score (nSPS) is 30.0. The molecule has 0 saturated carbocycles. The minimum atomic E-state index is 0.803. The van der Waals surface area contributed by atoms with Crippen molar-refractivity contribution < 1.29 is 4.74 Å². The Bertz CT molecular complexity index is 120. The van der Waals surface area contributed by atoms with E-state index in [-0.39, 0.29) is 0 Å². The topological polar surface area (TPSA) is 9.23 Å². The van der Waals surface area contributed by atoms with Gasteiger partial charge in [-0.15, -0.1) is 0 Å². The molecule has 72 valence electrons. The highest BCUT2D eigenvalue weighted by Gasteiger charge is 2.23. The largest absolute Gasteiger partial charge is 0.381 e. The predicted octanol–water partition coefficient (Wildman–Crippen LogP) is 3.10. The fraction of sp³-hybridized carbons (Fsp3) is 1.00. The molecule has 0 aromatic carbocycles. The van der Waals surface area contributed by atoms with Crippen LogP contribution in [0.4, 0.5) is 0 Å². The maximum Gasteiger partial charge on any atom is 0.0497 e. The third-order valence-electron chi connectivity index (χ3n) is 2.87. The minimum Gasteiger partial charge on any atom is -0.381 e. The summed E-state index contributed by atoms with van der Waals surface area (Å²) in [6.07, 6.45) is 4.14. The van der Waals surface area contributed by atoms with Crippen LogP contribution in [0.5, 0.6) is 0 Å². The molecule has 12 heavy (non-hydrogen) atoms. The summed E-state index contributed by atoms with van der Waals surface area (Å²) in [5.74, 6) is 2.52. The summed E-state index contributed by atoms with van der Waals surface area (Å²) in [6, 6.07) is 0. The number of ether oxygens (including phenoxy) is 1. The van der Waals surface area contributed by atoms with Crippen LogP contribution in [0.15, 0.2) is 0 Å². The molecule has 1 aliphatic rings. The number of rotatable bonds is 4. The van der Waals surface area contributed by atoms with Crippen molar-refractivity contribution in [1.82, 2.24) is 0 Å². The Kier molecular flexibility index (Phi) is 4.07. The average molecular weight is 170 g/mol. The van der Waals surface area contributed by atoms with Crippen molar-refractivity contribution in [3.05, 3.63) is 0 Å². The molecular weight excluding hydrogens is 148 g/mol. The van der Waals surface area contributed by atoms with Gasteiger partial charge in [0.15, 0.2) is 0 Å². The molecule has 1 nitrogen and oxygen atoms in total. The van der Waals surface area contributed by atoms with Crippen molar-refractivity contribution in [2.45, 2.75) is 40.0 Å². The van der Waals surface area contributed by atoms with Gasteiger partial charge < -0.3 is 4.74 Å². The quantitative estimate of drug-likeness (QED) is 0.630. The third-order valence-corrected chi connectivity index (χ3v) is 2.87. The molecule has 1 fully saturated rings. The maximum absolute atomic E-state index is 5.43. The molecular formula is C11H22O. The summed E-state index contributed by atoms with van der Waals surface area (Å²) in [7, 11) is 0. The molecule has 0 aromatic rings. The second-order valence-corrected chi connectivity index (χ2v) is 4.60. The van der Waals surface area contributed by atoms with Crippen molar-refractivity contribution in [2.24, 2.45) is 17.8 Å². The first kappa shape index (κ1) is 10.0. The molecule has 1 heterocycles. The standard InChI is InChI=1S/C11H22O/c1-9(2)5-4-6-11-8-12-7-10(11)3/h9-11H,4-8H2,1-3H3. The van der Waals surface area contributed by atoms with Crippen LogP contribution in [-0.4, -0.2) is 13.2 Å². The number of hydrogen-bond donors (Lipinski definition) is 0. The van der Waals surface area contributed by atoms with E-state index in [9.17, 15) is 0 Å². The van der Waals surface area contributed by atoms with E-state index in [2.05, 4.69) is 20.8 Å². The van der Waals surface area contributed by atoms with Gasteiger partial charge in [0.1, 0.15) is 0 Å². The highest BCUT2D eigenvalue weighted by molar-refractivity contribution is 4.71. The van der Waals surface area contributed by atoms with Crippen molar-refractivity contribution in [1.29, 1.82) is 0 Å². The Hall–Kier alpha value is -0.0400. The van der Waals surface area contributed by atoms with Gasteiger partial charge in [-0.1, -0.05) is 33.6 Å². The maximum atomic E-state index is 5.43. The molecule has 1 aliphatic heterocycles. The van der Waals surface area contributed by atoms with Gasteiger partial charge in [-0.2, -0.15) is 0 Å². The van der Waals surface area contributed by atoms with E-state index in [1.165, 1.54) is 19.3 Å². The second-order valence-electron chi connectivity index (χ2n) is 4.60. The third kappa shape index (κ3) is 3.14. The zero-order valence-electron chi connectivity index (χ0n) is 8.68. The van der Waals surface area contributed by atoms with Gasteiger partial charge in [-0.25, -0.2) is 0 Å². The monoisotopic (exact) mass is 170 g/mol. The first-order chi connectivity index (χ1) is 5.70. The molecule has 2 unspecified atom stereocenters. The van der Waals surface area contributed by atoms with Crippen LogP contribution >= 0.6 is 0 Å². The fourth-order valence-corrected chi connectivity index (χ4v) is 1.86. The molecule has 2 atom stereocenters. The van der Waals surface area contributed by atoms with E-state index in [0.717, 1.165) is 31.0 Å². The van der Waals surface area contributed by atoms with Crippen LogP contribution in [0.25, 0.3) is 0 Å². The Morgan fingerprint density at radius 2 is 2.08 bits per heavy atom. The zero-order chi connectivity index (χ0) is 8.97. The van der Waals surface area contributed by atoms with Crippen LogP contribution in [0.1, 0.15) is 40.0 Å². The molecule has 0 radical (unpaired) electrons. The Morgan fingerprint density at radius 1 is 1.33 bits per heavy atom. The van der Waals surface area contributed by atoms with Crippen LogP contribution in [0, 0.1) is 17.8 Å². The van der Waals surface area contributed by atoms with Crippen LogP contribution < -0.4 is 0 Å². The Morgan fingerprint density at radius 3 is 2.58 bits per heavy atom. The van der Waals surface area contributed by atoms with Gasteiger partial charge in [-0.3, -0.25) is 0 Å². The highest BCUT2D eigenvalue weighted by Crippen LogP contribution is 2.25. The van der Waals surface area contributed by atoms with E-state index in [4.69, 9.17) is 4.74 Å². The molecule has 1 saturated heterocycles. The van der Waals surface area contributed by atoms with Crippen molar-refractivity contribution in [3.63, 3.8) is 0 Å². The lowest BCUT2D eigenvalue weighted by atomic mass is 9.91. The zero-order valence-corrected chi connectivity index (χ0v) is 8.68. The van der Waals surface area contributed by atoms with Gasteiger partial charge in [0, 0.05) is 13.2 Å². The van der Waals surface area contributed by atoms with Crippen LogP contribution in [-0.2, 0) is 4.74 Å². The molecule has 1 rings (SSSR count). The van der Waals surface area contributed by atoms with Gasteiger partial charge in [0.2, 0.25) is 0 Å². The highest BCUT2D eigenvalue weighted by atomic mass is 16.5. The molecule has 0 amide bonds. The lowest BCUT2D eigenvalue weighted by molar-refractivity contribution is 0.180. The second kappa shape index (κ2) is 4.86. The van der Waals surface area contributed by atoms with Crippen LogP contribution in [0.2, 0.25) is 0 Å². The lowest BCUT2D eigenvalue weighted by Gasteiger charge is -2.13. The molecule has 0 spiro atoms. The van der Waals surface area contributed by atoms with Gasteiger partial charge >= 0.3 is 0 Å². The summed E-state index contributed by atoms with van der Waals surface area (Å²) in [5, 5.41) is 0. The van der Waals surface area contributed by atoms with E-state index in [1.54, 1.807) is 0 Å². The van der Waals surface area contributed by atoms with Gasteiger partial charge in [-0.05, 0) is 24.2 Å². The van der Waals surface area contributed by atoms with E-state index in [0.29, 0.717) is 0 Å². The SMILES string of the molecule is CC(C)CCCC1COCC1C. The van der Waals surface area contributed by atoms with E-state index in [1.807, 2.05) is 0 Å². The lowest BCUT2D eigenvalue weighted by Crippen LogP contribution is -2.08. The summed E-state index contributed by atoms with van der Waals surface area (Å²) in [6.45, 7) is 8.92. The Balaban J connectivity index is 2.06. The first-order valence-corrected chi connectivity index (χ1v) is 5.28. The van der Waals surface area contributed by atoms with Crippen molar-refractivity contribution in [2.75, 3.05) is 13.2 Å². The smallest absolute Gasteiger partial charge is 0.0497 e. The van der Waals surface area contributed by atoms with Crippen molar-refractivity contribution in [3.8, 4) is 0 Å². The average Bonchev–Trinajstić information content (AvgIpc) is 2.36. The summed E-state index contributed by atoms with van der Waals surface area (Å²) in [4.78, 5) is 0. The van der Waals surface area contributed by atoms with Gasteiger partial charge in [0.25, 0.3) is 0 Å². The first-order valence-electron chi connectivity index (χ1n) is 5.28. The Labute approximate surface area is 76.5 Å². The molecule has 0 bridgehead atoms. The fourth-order valence-electron chi connectivity index (χ4n) is 1.86. The molecule has 0 aromatic heterocycles. The van der Waals surface area contributed by atoms with Crippen LogP contribution in [0.3, 0.4) is 0 Å².